The monoisotopic (exact) mass is 242 g/mol. The topological polar surface area (TPSA) is 56.0 Å². The Bertz CT molecular complexity index is 588. The molecule has 0 aliphatic rings. The number of nitriles is 1. The lowest BCUT2D eigenvalue weighted by Crippen LogP contribution is -1.99. The highest BCUT2D eigenvalue weighted by atomic mass is 19.1. The number of hydrogen-bond acceptors (Lipinski definition) is 3. The van der Waals surface area contributed by atoms with Gasteiger partial charge in [0.25, 0.3) is 0 Å². The fourth-order valence-electron chi connectivity index (χ4n) is 1.52. The highest BCUT2D eigenvalue weighted by Gasteiger charge is 2.01. The van der Waals surface area contributed by atoms with E-state index in [2.05, 4.69) is 5.32 Å². The minimum Gasteiger partial charge on any atom is -0.505 e. The SMILES string of the molecule is N#Cc1ccc(CNc2ccc(O)c(F)c2)cc1. The molecule has 0 saturated heterocycles. The van der Waals surface area contributed by atoms with Crippen LogP contribution in [-0.2, 0) is 6.54 Å². The molecule has 0 aliphatic heterocycles. The van der Waals surface area contributed by atoms with E-state index < -0.39 is 5.82 Å². The number of phenols is 1. The molecule has 0 fully saturated rings. The number of nitrogens with zero attached hydrogens (tertiary/aromatic N) is 1. The highest BCUT2D eigenvalue weighted by Crippen LogP contribution is 2.19. The quantitative estimate of drug-likeness (QED) is 0.813. The molecule has 0 bridgehead atoms. The van der Waals surface area contributed by atoms with Crippen LogP contribution in [0.2, 0.25) is 0 Å². The Morgan fingerprint density at radius 1 is 1.17 bits per heavy atom. The zero-order valence-corrected chi connectivity index (χ0v) is 9.52. The number of benzene rings is 2. The van der Waals surface area contributed by atoms with Crippen molar-refractivity contribution < 1.29 is 9.50 Å². The molecular formula is C14H11FN2O. The van der Waals surface area contributed by atoms with Crippen LogP contribution in [0.5, 0.6) is 5.75 Å². The van der Waals surface area contributed by atoms with Crippen LogP contribution in [0.15, 0.2) is 42.5 Å². The highest BCUT2D eigenvalue weighted by molar-refractivity contribution is 5.47. The molecule has 2 N–H and O–H groups in total. The first-order valence-electron chi connectivity index (χ1n) is 5.40. The van der Waals surface area contributed by atoms with Gasteiger partial charge >= 0.3 is 0 Å². The van der Waals surface area contributed by atoms with Crippen LogP contribution in [0.4, 0.5) is 10.1 Å². The van der Waals surface area contributed by atoms with Crippen molar-refractivity contribution in [1.29, 1.82) is 5.26 Å². The minimum atomic E-state index is -0.653. The van der Waals surface area contributed by atoms with Gasteiger partial charge in [0.1, 0.15) is 0 Å². The molecule has 2 aromatic carbocycles. The van der Waals surface area contributed by atoms with Gasteiger partial charge in [-0.3, -0.25) is 0 Å². The maximum atomic E-state index is 13.1. The maximum absolute atomic E-state index is 13.1. The van der Waals surface area contributed by atoms with Crippen molar-refractivity contribution in [2.24, 2.45) is 0 Å². The van der Waals surface area contributed by atoms with Gasteiger partial charge in [0.2, 0.25) is 0 Å². The minimum absolute atomic E-state index is 0.362. The van der Waals surface area contributed by atoms with E-state index in [1.807, 2.05) is 18.2 Å². The van der Waals surface area contributed by atoms with Gasteiger partial charge in [0, 0.05) is 18.3 Å². The van der Waals surface area contributed by atoms with Crippen molar-refractivity contribution in [3.63, 3.8) is 0 Å². The van der Waals surface area contributed by atoms with Gasteiger partial charge in [-0.25, -0.2) is 4.39 Å². The second-order valence-electron chi connectivity index (χ2n) is 3.83. The van der Waals surface area contributed by atoms with Crippen molar-refractivity contribution in [1.82, 2.24) is 0 Å². The Hall–Kier alpha value is -2.54. The Labute approximate surface area is 104 Å². The summed E-state index contributed by atoms with van der Waals surface area (Å²) >= 11 is 0. The first-order valence-corrected chi connectivity index (χ1v) is 5.40. The second kappa shape index (κ2) is 5.19. The lowest BCUT2D eigenvalue weighted by Gasteiger charge is -2.07. The van der Waals surface area contributed by atoms with Crippen LogP contribution in [0.25, 0.3) is 0 Å². The molecule has 0 aromatic heterocycles. The number of nitrogens with one attached hydrogen (secondary N) is 1. The summed E-state index contributed by atoms with van der Waals surface area (Å²) in [4.78, 5) is 0. The van der Waals surface area contributed by atoms with Crippen LogP contribution >= 0.6 is 0 Å². The summed E-state index contributed by atoms with van der Waals surface area (Å²) in [5, 5.41) is 20.7. The van der Waals surface area contributed by atoms with E-state index in [0.29, 0.717) is 17.8 Å². The number of rotatable bonds is 3. The first-order chi connectivity index (χ1) is 8.69. The van der Waals surface area contributed by atoms with Gasteiger partial charge in [0.05, 0.1) is 11.6 Å². The van der Waals surface area contributed by atoms with E-state index in [1.165, 1.54) is 12.1 Å². The summed E-state index contributed by atoms with van der Waals surface area (Å²) < 4.78 is 13.1. The van der Waals surface area contributed by atoms with Gasteiger partial charge in [-0.15, -0.1) is 0 Å². The number of phenolic OH excluding ortho intramolecular Hbond substituents is 1. The third-order valence-corrected chi connectivity index (χ3v) is 2.53. The number of anilines is 1. The molecule has 90 valence electrons. The van der Waals surface area contributed by atoms with E-state index in [1.54, 1.807) is 18.2 Å². The van der Waals surface area contributed by atoms with Crippen molar-refractivity contribution in [2.75, 3.05) is 5.32 Å². The van der Waals surface area contributed by atoms with Gasteiger partial charge < -0.3 is 10.4 Å². The molecule has 2 rings (SSSR count). The molecule has 2 aromatic rings. The van der Waals surface area contributed by atoms with Gasteiger partial charge in [-0.2, -0.15) is 5.26 Å². The van der Waals surface area contributed by atoms with Crippen molar-refractivity contribution in [3.05, 3.63) is 59.4 Å². The molecule has 0 amide bonds. The summed E-state index contributed by atoms with van der Waals surface area (Å²) in [6.45, 7) is 0.524. The van der Waals surface area contributed by atoms with E-state index in [9.17, 15) is 4.39 Å². The normalized spacial score (nSPS) is 9.78. The van der Waals surface area contributed by atoms with Crippen molar-refractivity contribution in [3.8, 4) is 11.8 Å². The second-order valence-corrected chi connectivity index (χ2v) is 3.83. The zero-order valence-electron chi connectivity index (χ0n) is 9.52. The van der Waals surface area contributed by atoms with E-state index in [4.69, 9.17) is 10.4 Å². The van der Waals surface area contributed by atoms with E-state index in [0.717, 1.165) is 5.56 Å². The molecule has 3 nitrogen and oxygen atoms in total. The largest absolute Gasteiger partial charge is 0.505 e. The number of aromatic hydroxyl groups is 1. The standard InChI is InChI=1S/C14H11FN2O/c15-13-7-12(5-6-14(13)18)17-9-11-3-1-10(8-16)2-4-11/h1-7,17-18H,9H2. The molecule has 0 heterocycles. The first kappa shape index (κ1) is 11.9. The van der Waals surface area contributed by atoms with Crippen LogP contribution in [0, 0.1) is 17.1 Å². The molecule has 18 heavy (non-hydrogen) atoms. The van der Waals surface area contributed by atoms with Crippen LogP contribution < -0.4 is 5.32 Å². The third kappa shape index (κ3) is 2.77. The molecule has 4 heteroatoms. The molecule has 0 aliphatic carbocycles. The summed E-state index contributed by atoms with van der Waals surface area (Å²) in [7, 11) is 0. The molecule has 0 atom stereocenters. The lowest BCUT2D eigenvalue weighted by atomic mass is 10.1. The average Bonchev–Trinajstić information content (AvgIpc) is 2.41. The van der Waals surface area contributed by atoms with Crippen molar-refractivity contribution >= 4 is 5.69 Å². The summed E-state index contributed by atoms with van der Waals surface area (Å²) in [5.41, 5.74) is 2.19. The molecule has 0 spiro atoms. The number of halogens is 1. The third-order valence-electron chi connectivity index (χ3n) is 2.53. The van der Waals surface area contributed by atoms with E-state index >= 15 is 0 Å². The van der Waals surface area contributed by atoms with Crippen LogP contribution in [-0.4, -0.2) is 5.11 Å². The molecule has 0 radical (unpaired) electrons. The Kier molecular flexibility index (Phi) is 3.44. The Morgan fingerprint density at radius 3 is 2.50 bits per heavy atom. The fraction of sp³-hybridized carbons (Fsp3) is 0.0714. The maximum Gasteiger partial charge on any atom is 0.166 e. The zero-order chi connectivity index (χ0) is 13.0. The summed E-state index contributed by atoms with van der Waals surface area (Å²) in [6.07, 6.45) is 0. The lowest BCUT2D eigenvalue weighted by molar-refractivity contribution is 0.432. The fourth-order valence-corrected chi connectivity index (χ4v) is 1.52. The van der Waals surface area contributed by atoms with Crippen molar-refractivity contribution in [2.45, 2.75) is 6.54 Å². The van der Waals surface area contributed by atoms with E-state index in [-0.39, 0.29) is 5.75 Å². The summed E-state index contributed by atoms with van der Waals surface area (Å²) in [5.74, 6) is -1.02. The molecular weight excluding hydrogens is 231 g/mol. The predicted octanol–water partition coefficient (Wildman–Crippen LogP) is 3.02. The van der Waals surface area contributed by atoms with Gasteiger partial charge in [-0.05, 0) is 29.8 Å². The molecule has 0 unspecified atom stereocenters. The summed E-state index contributed by atoms with van der Waals surface area (Å²) in [6, 6.07) is 13.3. The smallest absolute Gasteiger partial charge is 0.166 e. The Morgan fingerprint density at radius 2 is 1.89 bits per heavy atom. The average molecular weight is 242 g/mol. The van der Waals surface area contributed by atoms with Gasteiger partial charge in [-0.1, -0.05) is 12.1 Å². The predicted molar refractivity (Wildman–Crippen MR) is 66.5 cm³/mol. The Balaban J connectivity index is 2.02. The van der Waals surface area contributed by atoms with Gasteiger partial charge in [0.15, 0.2) is 11.6 Å². The van der Waals surface area contributed by atoms with Crippen LogP contribution in [0.1, 0.15) is 11.1 Å². The van der Waals surface area contributed by atoms with Crippen LogP contribution in [0.3, 0.4) is 0 Å². The number of hydrogen-bond donors (Lipinski definition) is 2. The molecule has 0 saturated carbocycles.